The molecule has 16 heavy (non-hydrogen) atoms. The lowest BCUT2D eigenvalue weighted by Gasteiger charge is -2.20. The molecule has 0 amide bonds. The van der Waals surface area contributed by atoms with Crippen LogP contribution in [0.15, 0.2) is 12.4 Å². The number of nitrogens with one attached hydrogen (secondary N) is 1. The van der Waals surface area contributed by atoms with E-state index in [2.05, 4.69) is 21.9 Å². The maximum Gasteiger partial charge on any atom is 0.127 e. The average molecular weight is 226 g/mol. The molecule has 0 aromatic carbocycles. The summed E-state index contributed by atoms with van der Waals surface area (Å²) in [5.74, 6) is 6.55. The first-order valence-corrected chi connectivity index (χ1v) is 5.72. The molecule has 1 aromatic heterocycles. The summed E-state index contributed by atoms with van der Waals surface area (Å²) < 4.78 is 7.38. The molecule has 0 bridgehead atoms. The molecule has 0 aliphatic heterocycles. The molecule has 0 saturated carbocycles. The van der Waals surface area contributed by atoms with Gasteiger partial charge < -0.3 is 9.30 Å². The van der Waals surface area contributed by atoms with Crippen LogP contribution in [-0.2, 0) is 11.3 Å². The van der Waals surface area contributed by atoms with Crippen LogP contribution in [0.3, 0.4) is 0 Å². The van der Waals surface area contributed by atoms with E-state index in [1.807, 2.05) is 19.3 Å². The topological polar surface area (TPSA) is 65.1 Å². The lowest BCUT2D eigenvalue weighted by molar-refractivity contribution is 0.0989. The molecule has 0 saturated heterocycles. The first kappa shape index (κ1) is 13.2. The molecule has 92 valence electrons. The average Bonchev–Trinajstić information content (AvgIpc) is 2.74. The van der Waals surface area contributed by atoms with Crippen molar-refractivity contribution in [3.8, 4) is 0 Å². The highest BCUT2D eigenvalue weighted by atomic mass is 16.5. The molecule has 0 fully saturated rings. The molecule has 3 N–H and O–H groups in total. The predicted molar refractivity (Wildman–Crippen MR) is 63.7 cm³/mol. The van der Waals surface area contributed by atoms with E-state index < -0.39 is 0 Å². The first-order valence-electron chi connectivity index (χ1n) is 5.72. The van der Waals surface area contributed by atoms with Crippen molar-refractivity contribution in [1.29, 1.82) is 0 Å². The summed E-state index contributed by atoms with van der Waals surface area (Å²) in [4.78, 5) is 4.36. The number of aryl methyl sites for hydroxylation is 1. The van der Waals surface area contributed by atoms with Crippen molar-refractivity contribution in [1.82, 2.24) is 15.0 Å². The van der Waals surface area contributed by atoms with Crippen molar-refractivity contribution in [2.75, 3.05) is 7.11 Å². The summed E-state index contributed by atoms with van der Waals surface area (Å²) in [6, 6.07) is 0.0384. The fourth-order valence-electron chi connectivity index (χ4n) is 1.74. The van der Waals surface area contributed by atoms with Gasteiger partial charge in [-0.25, -0.2) is 10.4 Å². The Labute approximate surface area is 97.0 Å². The molecule has 2 atom stereocenters. The maximum absolute atomic E-state index is 5.57. The van der Waals surface area contributed by atoms with Gasteiger partial charge >= 0.3 is 0 Å². The van der Waals surface area contributed by atoms with E-state index in [1.54, 1.807) is 7.11 Å². The summed E-state index contributed by atoms with van der Waals surface area (Å²) in [5.41, 5.74) is 2.81. The highest BCUT2D eigenvalue weighted by Gasteiger charge is 2.18. The molecule has 2 unspecified atom stereocenters. The quantitative estimate of drug-likeness (QED) is 0.542. The molecule has 0 aliphatic carbocycles. The Morgan fingerprint density at radius 3 is 2.94 bits per heavy atom. The Hall–Kier alpha value is -0.910. The molecule has 5 heteroatoms. The van der Waals surface area contributed by atoms with Crippen LogP contribution in [0.5, 0.6) is 0 Å². The number of nitrogens with zero attached hydrogens (tertiary/aromatic N) is 2. The summed E-state index contributed by atoms with van der Waals surface area (Å²) in [6.45, 7) is 5.14. The van der Waals surface area contributed by atoms with Gasteiger partial charge in [0.1, 0.15) is 5.82 Å². The normalized spacial score (nSPS) is 15.0. The van der Waals surface area contributed by atoms with Crippen LogP contribution in [-0.4, -0.2) is 22.8 Å². The van der Waals surface area contributed by atoms with Gasteiger partial charge in [0.25, 0.3) is 0 Å². The van der Waals surface area contributed by atoms with Gasteiger partial charge in [0.15, 0.2) is 0 Å². The van der Waals surface area contributed by atoms with Crippen LogP contribution in [0.25, 0.3) is 0 Å². The summed E-state index contributed by atoms with van der Waals surface area (Å²) in [6.07, 6.45) is 5.86. The van der Waals surface area contributed by atoms with Crippen LogP contribution in [0, 0.1) is 0 Å². The standard InChI is InChI=1S/C11H22N4O/c1-4-6-15-7-5-13-11(15)10(14-12)8-9(2)16-3/h5,7,9-10,14H,4,6,8,12H2,1-3H3. The third-order valence-corrected chi connectivity index (χ3v) is 2.70. The zero-order valence-electron chi connectivity index (χ0n) is 10.3. The summed E-state index contributed by atoms with van der Waals surface area (Å²) >= 11 is 0. The maximum atomic E-state index is 5.57. The van der Waals surface area contributed by atoms with Crippen LogP contribution >= 0.6 is 0 Å². The first-order chi connectivity index (χ1) is 7.72. The van der Waals surface area contributed by atoms with Crippen molar-refractivity contribution < 1.29 is 4.74 Å². The van der Waals surface area contributed by atoms with Crippen LogP contribution < -0.4 is 11.3 Å². The molecule has 1 aromatic rings. The highest BCUT2D eigenvalue weighted by molar-refractivity contribution is 4.99. The SMILES string of the molecule is CCCn1ccnc1C(CC(C)OC)NN. The van der Waals surface area contributed by atoms with E-state index in [4.69, 9.17) is 10.6 Å². The number of nitrogens with two attached hydrogens (primary N) is 1. The molecule has 0 aliphatic rings. The van der Waals surface area contributed by atoms with Crippen LogP contribution in [0.2, 0.25) is 0 Å². The molecule has 5 nitrogen and oxygen atoms in total. The van der Waals surface area contributed by atoms with Gasteiger partial charge in [-0.2, -0.15) is 0 Å². The van der Waals surface area contributed by atoms with Gasteiger partial charge in [-0.1, -0.05) is 6.92 Å². The van der Waals surface area contributed by atoms with Gasteiger partial charge in [0.05, 0.1) is 12.1 Å². The van der Waals surface area contributed by atoms with E-state index >= 15 is 0 Å². The fraction of sp³-hybridized carbons (Fsp3) is 0.727. The van der Waals surface area contributed by atoms with Crippen molar-refractivity contribution >= 4 is 0 Å². The van der Waals surface area contributed by atoms with E-state index in [1.165, 1.54) is 0 Å². The van der Waals surface area contributed by atoms with Gasteiger partial charge in [0.2, 0.25) is 0 Å². The zero-order valence-corrected chi connectivity index (χ0v) is 10.3. The fourth-order valence-corrected chi connectivity index (χ4v) is 1.74. The number of methoxy groups -OCH3 is 1. The highest BCUT2D eigenvalue weighted by Crippen LogP contribution is 2.17. The Morgan fingerprint density at radius 2 is 2.38 bits per heavy atom. The number of hydrazine groups is 1. The van der Waals surface area contributed by atoms with Crippen molar-refractivity contribution in [3.05, 3.63) is 18.2 Å². The van der Waals surface area contributed by atoms with Crippen molar-refractivity contribution in [3.63, 3.8) is 0 Å². The van der Waals surface area contributed by atoms with E-state index in [0.717, 1.165) is 25.2 Å². The minimum atomic E-state index is 0.0384. The van der Waals surface area contributed by atoms with Gasteiger partial charge in [-0.05, 0) is 19.8 Å². The van der Waals surface area contributed by atoms with Crippen molar-refractivity contribution in [2.24, 2.45) is 5.84 Å². The van der Waals surface area contributed by atoms with Gasteiger partial charge in [0, 0.05) is 26.0 Å². The number of rotatable bonds is 7. The summed E-state index contributed by atoms with van der Waals surface area (Å²) in [5, 5.41) is 0. The molecule has 0 spiro atoms. The second-order valence-corrected chi connectivity index (χ2v) is 3.98. The molecule has 1 heterocycles. The number of hydrogen-bond acceptors (Lipinski definition) is 4. The number of imidazole rings is 1. The Morgan fingerprint density at radius 1 is 1.62 bits per heavy atom. The minimum Gasteiger partial charge on any atom is -0.382 e. The molecule has 0 radical (unpaired) electrons. The van der Waals surface area contributed by atoms with Gasteiger partial charge in [-0.3, -0.25) is 5.84 Å². The number of aromatic nitrogens is 2. The van der Waals surface area contributed by atoms with Crippen molar-refractivity contribution in [2.45, 2.75) is 45.4 Å². The Balaban J connectivity index is 2.73. The summed E-state index contributed by atoms with van der Waals surface area (Å²) in [7, 11) is 1.71. The van der Waals surface area contributed by atoms with E-state index in [9.17, 15) is 0 Å². The zero-order chi connectivity index (χ0) is 12.0. The second-order valence-electron chi connectivity index (χ2n) is 3.98. The number of ether oxygens (including phenoxy) is 1. The predicted octanol–water partition coefficient (Wildman–Crippen LogP) is 1.22. The van der Waals surface area contributed by atoms with Crippen LogP contribution in [0.1, 0.15) is 38.6 Å². The lowest BCUT2D eigenvalue weighted by Crippen LogP contribution is -2.32. The minimum absolute atomic E-state index is 0.0384. The Bertz CT molecular complexity index is 300. The molecular formula is C11H22N4O. The number of hydrogen-bond donors (Lipinski definition) is 2. The largest absolute Gasteiger partial charge is 0.382 e. The van der Waals surface area contributed by atoms with E-state index in [-0.39, 0.29) is 12.1 Å². The third-order valence-electron chi connectivity index (χ3n) is 2.70. The molecule has 1 rings (SSSR count). The monoisotopic (exact) mass is 226 g/mol. The Kier molecular flexibility index (Phi) is 5.45. The molecular weight excluding hydrogens is 204 g/mol. The van der Waals surface area contributed by atoms with E-state index in [0.29, 0.717) is 0 Å². The van der Waals surface area contributed by atoms with Crippen LogP contribution in [0.4, 0.5) is 0 Å². The lowest BCUT2D eigenvalue weighted by atomic mass is 10.1. The van der Waals surface area contributed by atoms with Gasteiger partial charge in [-0.15, -0.1) is 0 Å². The second kappa shape index (κ2) is 6.62. The third kappa shape index (κ3) is 3.30. The smallest absolute Gasteiger partial charge is 0.127 e.